The largest absolute Gasteiger partial charge is 0.463 e. The summed E-state index contributed by atoms with van der Waals surface area (Å²) >= 11 is 6.13. The fraction of sp³-hybridized carbons (Fsp3) is 0.0833. The molecule has 8 nitrogen and oxygen atoms in total. The number of carboxylic acid groups (broad SMARTS) is 1. The Balaban J connectivity index is 1.62. The Labute approximate surface area is 211 Å². The van der Waals surface area contributed by atoms with E-state index in [1.807, 2.05) is 0 Å². The van der Waals surface area contributed by atoms with E-state index in [9.17, 15) is 27.2 Å². The second-order valence-corrected chi connectivity index (χ2v) is 8.11. The predicted molar refractivity (Wildman–Crippen MR) is 128 cm³/mol. The Morgan fingerprint density at radius 2 is 1.78 bits per heavy atom. The number of aromatic nitrogens is 2. The molecule has 0 spiro atoms. The van der Waals surface area contributed by atoms with Crippen LogP contribution >= 0.6 is 11.6 Å². The summed E-state index contributed by atoms with van der Waals surface area (Å²) in [6, 6.07) is 13.3. The van der Waals surface area contributed by atoms with Gasteiger partial charge in [-0.1, -0.05) is 34.3 Å². The summed E-state index contributed by atoms with van der Waals surface area (Å²) in [6.07, 6.45) is -5.12. The van der Waals surface area contributed by atoms with E-state index in [1.54, 1.807) is 18.2 Å². The van der Waals surface area contributed by atoms with Gasteiger partial charge in [0.15, 0.2) is 0 Å². The number of nitrogens with one attached hydrogen (secondary N) is 2. The molecule has 4 aromatic rings. The Bertz CT molecular complexity index is 1500. The second-order valence-electron chi connectivity index (χ2n) is 7.70. The van der Waals surface area contributed by atoms with Crippen LogP contribution < -0.4 is 10.6 Å². The third-order valence-electron chi connectivity index (χ3n) is 5.17. The number of rotatable bonds is 6. The third kappa shape index (κ3) is 5.86. The zero-order valence-corrected chi connectivity index (χ0v) is 19.3. The van der Waals surface area contributed by atoms with Crippen LogP contribution in [0.5, 0.6) is 0 Å². The van der Waals surface area contributed by atoms with Crippen LogP contribution in [0.15, 0.2) is 67.0 Å². The Hall–Kier alpha value is -4.45. The van der Waals surface area contributed by atoms with E-state index >= 15 is 0 Å². The van der Waals surface area contributed by atoms with Crippen LogP contribution in [-0.4, -0.2) is 32.2 Å². The molecule has 0 bridgehead atoms. The molecule has 0 saturated carbocycles. The molecular formula is C24H16ClF4N5O3. The number of fused-ring (bicyclic) bond motifs is 1. The SMILES string of the molecule is O=C(Nc1cccc2c(Nc3cccc(C(F)(F)F)c3)ncnc12)c1cc(CN(F)C(=O)O)ccc1Cl. The molecule has 0 fully saturated rings. The van der Waals surface area contributed by atoms with Gasteiger partial charge in [-0.05, 0) is 48.0 Å². The molecule has 0 aliphatic heterocycles. The number of alkyl halides is 3. The van der Waals surface area contributed by atoms with E-state index in [0.717, 1.165) is 12.1 Å². The lowest BCUT2D eigenvalue weighted by Crippen LogP contribution is -2.20. The first-order valence-electron chi connectivity index (χ1n) is 10.5. The van der Waals surface area contributed by atoms with Crippen molar-refractivity contribution < 1.29 is 32.3 Å². The quantitative estimate of drug-likeness (QED) is 0.189. The second kappa shape index (κ2) is 10.3. The molecule has 3 N–H and O–H groups in total. The number of benzene rings is 3. The number of amides is 2. The summed E-state index contributed by atoms with van der Waals surface area (Å²) in [5.74, 6) is -0.469. The molecule has 190 valence electrons. The van der Waals surface area contributed by atoms with Crippen molar-refractivity contribution in [2.45, 2.75) is 12.7 Å². The van der Waals surface area contributed by atoms with Crippen LogP contribution in [0.2, 0.25) is 5.02 Å². The number of carbonyl (C=O) groups excluding carboxylic acids is 1. The van der Waals surface area contributed by atoms with Gasteiger partial charge >= 0.3 is 12.3 Å². The van der Waals surface area contributed by atoms with Gasteiger partial charge < -0.3 is 15.7 Å². The predicted octanol–water partition coefficient (Wildman–Crippen LogP) is 6.66. The summed E-state index contributed by atoms with van der Waals surface area (Å²) < 4.78 is 52.7. The molecule has 1 aromatic heterocycles. The number of hydrogen-bond donors (Lipinski definition) is 3. The van der Waals surface area contributed by atoms with Crippen LogP contribution in [0.3, 0.4) is 0 Å². The van der Waals surface area contributed by atoms with E-state index in [-0.39, 0.29) is 38.9 Å². The molecule has 0 radical (unpaired) electrons. The van der Waals surface area contributed by atoms with Crippen molar-refractivity contribution in [1.29, 1.82) is 0 Å². The molecular weight excluding hydrogens is 518 g/mol. The lowest BCUT2D eigenvalue weighted by Gasteiger charge is -2.14. The fourth-order valence-electron chi connectivity index (χ4n) is 3.46. The lowest BCUT2D eigenvalue weighted by molar-refractivity contribution is -0.137. The number of nitrogens with zero attached hydrogens (tertiary/aromatic N) is 3. The number of para-hydroxylation sites is 1. The molecule has 0 aliphatic carbocycles. The zero-order valence-electron chi connectivity index (χ0n) is 18.6. The van der Waals surface area contributed by atoms with Gasteiger partial charge in [-0.15, -0.1) is 5.12 Å². The molecule has 0 saturated heterocycles. The first-order chi connectivity index (χ1) is 17.5. The van der Waals surface area contributed by atoms with Gasteiger partial charge in [-0.25, -0.2) is 14.8 Å². The number of halogens is 5. The van der Waals surface area contributed by atoms with Crippen molar-refractivity contribution in [3.8, 4) is 0 Å². The van der Waals surface area contributed by atoms with Crippen molar-refractivity contribution >= 4 is 51.7 Å². The minimum Gasteiger partial charge on any atom is -0.463 e. The van der Waals surface area contributed by atoms with E-state index < -0.39 is 35.4 Å². The van der Waals surface area contributed by atoms with Gasteiger partial charge in [-0.2, -0.15) is 13.2 Å². The Kier molecular flexibility index (Phi) is 7.11. The van der Waals surface area contributed by atoms with Crippen molar-refractivity contribution in [1.82, 2.24) is 15.1 Å². The Morgan fingerprint density at radius 1 is 1.03 bits per heavy atom. The van der Waals surface area contributed by atoms with Crippen molar-refractivity contribution in [2.75, 3.05) is 10.6 Å². The van der Waals surface area contributed by atoms with Crippen molar-refractivity contribution in [2.24, 2.45) is 0 Å². The summed E-state index contributed by atoms with van der Waals surface area (Å²) in [5, 5.41) is 14.2. The average molecular weight is 534 g/mol. The first kappa shape index (κ1) is 25.6. The highest BCUT2D eigenvalue weighted by molar-refractivity contribution is 6.34. The van der Waals surface area contributed by atoms with E-state index in [1.165, 1.54) is 36.7 Å². The normalized spacial score (nSPS) is 11.3. The van der Waals surface area contributed by atoms with E-state index in [0.29, 0.717) is 5.39 Å². The zero-order chi connectivity index (χ0) is 26.7. The molecule has 1 heterocycles. The van der Waals surface area contributed by atoms with Gasteiger partial charge in [0.2, 0.25) is 0 Å². The molecule has 0 unspecified atom stereocenters. The number of anilines is 3. The molecule has 4 rings (SSSR count). The molecule has 3 aromatic carbocycles. The first-order valence-corrected chi connectivity index (χ1v) is 10.8. The maximum Gasteiger partial charge on any atom is 0.435 e. The summed E-state index contributed by atoms with van der Waals surface area (Å²) in [6.45, 7) is -0.612. The number of hydrogen-bond acceptors (Lipinski definition) is 5. The van der Waals surface area contributed by atoms with E-state index in [2.05, 4.69) is 20.6 Å². The van der Waals surface area contributed by atoms with Crippen LogP contribution in [0.25, 0.3) is 10.9 Å². The Morgan fingerprint density at radius 3 is 2.51 bits per heavy atom. The maximum absolute atomic E-state index is 13.5. The highest BCUT2D eigenvalue weighted by Gasteiger charge is 2.30. The standard InChI is InChI=1S/C24H16ClF4N5O3/c25-18-8-7-13(11-34(29)23(36)37)9-17(18)22(35)33-19-6-2-5-16-20(19)30-12-31-21(16)32-15-4-1-3-14(10-15)24(26,27)28/h1-10,12H,11H2,(H,33,35)(H,36,37)(H,30,31,32). The van der Waals surface area contributed by atoms with Crippen molar-refractivity contribution in [3.63, 3.8) is 0 Å². The molecule has 37 heavy (non-hydrogen) atoms. The highest BCUT2D eigenvalue weighted by Crippen LogP contribution is 2.33. The smallest absolute Gasteiger partial charge is 0.435 e. The molecule has 0 atom stereocenters. The molecule has 13 heteroatoms. The summed E-state index contributed by atoms with van der Waals surface area (Å²) in [7, 11) is 0. The van der Waals surface area contributed by atoms with Crippen molar-refractivity contribution in [3.05, 3.63) is 88.7 Å². The van der Waals surface area contributed by atoms with Crippen LogP contribution in [-0.2, 0) is 12.7 Å². The van der Waals surface area contributed by atoms with Gasteiger partial charge in [0, 0.05) is 11.1 Å². The van der Waals surface area contributed by atoms with Gasteiger partial charge in [0.25, 0.3) is 5.91 Å². The van der Waals surface area contributed by atoms with Crippen LogP contribution in [0, 0.1) is 0 Å². The van der Waals surface area contributed by atoms with Crippen LogP contribution in [0.1, 0.15) is 21.5 Å². The van der Waals surface area contributed by atoms with E-state index in [4.69, 9.17) is 16.7 Å². The fourth-order valence-corrected chi connectivity index (χ4v) is 3.66. The number of carbonyl (C=O) groups is 2. The summed E-state index contributed by atoms with van der Waals surface area (Å²) in [4.78, 5) is 32.0. The highest BCUT2D eigenvalue weighted by atomic mass is 35.5. The van der Waals surface area contributed by atoms with Crippen LogP contribution in [0.4, 0.5) is 39.6 Å². The maximum atomic E-state index is 13.5. The topological polar surface area (TPSA) is 107 Å². The summed E-state index contributed by atoms with van der Waals surface area (Å²) in [5.41, 5.74) is 0.00131. The minimum atomic E-state index is -4.52. The lowest BCUT2D eigenvalue weighted by atomic mass is 10.1. The van der Waals surface area contributed by atoms with Gasteiger partial charge in [0.1, 0.15) is 12.1 Å². The van der Waals surface area contributed by atoms with Gasteiger partial charge in [-0.3, -0.25) is 4.79 Å². The third-order valence-corrected chi connectivity index (χ3v) is 5.50. The average Bonchev–Trinajstić information content (AvgIpc) is 2.85. The molecule has 2 amide bonds. The minimum absolute atomic E-state index is 0.0358. The van der Waals surface area contributed by atoms with Gasteiger partial charge in [0.05, 0.1) is 33.9 Å². The monoisotopic (exact) mass is 533 g/mol. The molecule has 0 aliphatic rings.